The first-order valence-corrected chi connectivity index (χ1v) is 7.84. The number of nitrogens with one attached hydrogen (secondary N) is 2. The maximum absolute atomic E-state index is 12.3. The van der Waals surface area contributed by atoms with Crippen molar-refractivity contribution in [1.29, 1.82) is 0 Å². The van der Waals surface area contributed by atoms with Crippen LogP contribution in [0.2, 0.25) is 0 Å². The summed E-state index contributed by atoms with van der Waals surface area (Å²) in [6.45, 7) is 4.35. The molecule has 0 aliphatic heterocycles. The van der Waals surface area contributed by atoms with Crippen molar-refractivity contribution in [2.24, 2.45) is 5.73 Å². The van der Waals surface area contributed by atoms with Gasteiger partial charge in [-0.1, -0.05) is 0 Å². The second kappa shape index (κ2) is 5.58. The maximum Gasteiger partial charge on any atom is 0.244 e. The van der Waals surface area contributed by atoms with E-state index in [1.165, 1.54) is 0 Å². The van der Waals surface area contributed by atoms with Crippen LogP contribution in [0.3, 0.4) is 0 Å². The molecular formula is C11H20N4O3S. The number of hydrogen-bond donors (Lipinski definition) is 3. The number of H-pyrrole nitrogens is 1. The molecule has 8 heteroatoms. The number of aryl methyl sites for hydroxylation is 1. The molecule has 19 heavy (non-hydrogen) atoms. The Balaban J connectivity index is 2.05. The Labute approximate surface area is 113 Å². The van der Waals surface area contributed by atoms with Gasteiger partial charge in [0.15, 0.2) is 0 Å². The summed E-state index contributed by atoms with van der Waals surface area (Å²) < 4.78 is 32.7. The summed E-state index contributed by atoms with van der Waals surface area (Å²) in [7, 11) is -3.57. The predicted molar refractivity (Wildman–Crippen MR) is 70.0 cm³/mol. The van der Waals surface area contributed by atoms with Crippen LogP contribution in [0.1, 0.15) is 31.2 Å². The lowest BCUT2D eigenvalue weighted by Gasteiger charge is -2.35. The largest absolute Gasteiger partial charge is 0.378 e. The molecule has 1 aromatic rings. The summed E-state index contributed by atoms with van der Waals surface area (Å²) in [6, 6.07) is -0.0681. The molecule has 7 nitrogen and oxygen atoms in total. The SMILES string of the molecule is CCOC1CC(NS(=O)(=O)c2c(CN)n[nH]c2C)C1. The van der Waals surface area contributed by atoms with Crippen molar-refractivity contribution in [2.75, 3.05) is 6.61 Å². The van der Waals surface area contributed by atoms with Crippen molar-refractivity contribution in [3.8, 4) is 0 Å². The van der Waals surface area contributed by atoms with Gasteiger partial charge >= 0.3 is 0 Å². The maximum atomic E-state index is 12.3. The summed E-state index contributed by atoms with van der Waals surface area (Å²) >= 11 is 0. The van der Waals surface area contributed by atoms with Crippen molar-refractivity contribution >= 4 is 10.0 Å². The van der Waals surface area contributed by atoms with Gasteiger partial charge in [0.05, 0.1) is 17.5 Å². The van der Waals surface area contributed by atoms with Gasteiger partial charge in [0.25, 0.3) is 0 Å². The topological polar surface area (TPSA) is 110 Å². The number of rotatable bonds is 6. The molecule has 0 radical (unpaired) electrons. The summed E-state index contributed by atoms with van der Waals surface area (Å²) in [4.78, 5) is 0.176. The standard InChI is InChI=1S/C11H20N4O3S/c1-3-18-9-4-8(5-9)15-19(16,17)11-7(2)13-14-10(11)6-12/h8-9,15H,3-6,12H2,1-2H3,(H,13,14). The van der Waals surface area contributed by atoms with Crippen molar-refractivity contribution in [1.82, 2.24) is 14.9 Å². The van der Waals surface area contributed by atoms with Crippen LogP contribution in [0.15, 0.2) is 4.90 Å². The molecule has 0 spiro atoms. The van der Waals surface area contributed by atoms with Gasteiger partial charge in [-0.2, -0.15) is 5.10 Å². The lowest BCUT2D eigenvalue weighted by molar-refractivity contribution is -0.00476. The first-order chi connectivity index (χ1) is 8.97. The molecule has 4 N–H and O–H groups in total. The first-order valence-electron chi connectivity index (χ1n) is 6.35. The fourth-order valence-corrected chi connectivity index (χ4v) is 3.91. The summed E-state index contributed by atoms with van der Waals surface area (Å²) in [5.74, 6) is 0. The van der Waals surface area contributed by atoms with E-state index in [0.717, 1.165) is 0 Å². The number of aromatic amines is 1. The summed E-state index contributed by atoms with van der Waals surface area (Å²) in [5.41, 5.74) is 6.38. The molecule has 1 aliphatic rings. The van der Waals surface area contributed by atoms with E-state index < -0.39 is 10.0 Å². The molecule has 0 atom stereocenters. The molecule has 0 amide bonds. The van der Waals surface area contributed by atoms with Crippen molar-refractivity contribution < 1.29 is 13.2 Å². The van der Waals surface area contributed by atoms with Crippen molar-refractivity contribution in [2.45, 2.75) is 50.3 Å². The Morgan fingerprint density at radius 3 is 2.79 bits per heavy atom. The Bertz CT molecular complexity index is 534. The van der Waals surface area contributed by atoms with Gasteiger partial charge in [-0.05, 0) is 26.7 Å². The van der Waals surface area contributed by atoms with E-state index in [2.05, 4.69) is 14.9 Å². The molecule has 1 saturated carbocycles. The van der Waals surface area contributed by atoms with E-state index in [9.17, 15) is 8.42 Å². The third-order valence-electron chi connectivity index (χ3n) is 3.24. The second-order valence-corrected chi connectivity index (χ2v) is 6.35. The van der Waals surface area contributed by atoms with Gasteiger partial charge in [-0.25, -0.2) is 13.1 Å². The highest BCUT2D eigenvalue weighted by atomic mass is 32.2. The molecule has 1 aliphatic carbocycles. The van der Waals surface area contributed by atoms with Crippen LogP contribution in [0.5, 0.6) is 0 Å². The molecule has 1 heterocycles. The molecule has 0 bridgehead atoms. The number of sulfonamides is 1. The van der Waals surface area contributed by atoms with E-state index in [-0.39, 0.29) is 23.6 Å². The van der Waals surface area contributed by atoms with Crippen LogP contribution in [-0.4, -0.2) is 37.4 Å². The van der Waals surface area contributed by atoms with E-state index in [0.29, 0.717) is 30.8 Å². The predicted octanol–water partition coefficient (Wildman–Crippen LogP) is 0.0226. The number of ether oxygens (including phenoxy) is 1. The van der Waals surface area contributed by atoms with E-state index in [4.69, 9.17) is 10.5 Å². The molecule has 0 saturated heterocycles. The van der Waals surface area contributed by atoms with Crippen LogP contribution in [0, 0.1) is 6.92 Å². The van der Waals surface area contributed by atoms with E-state index >= 15 is 0 Å². The minimum Gasteiger partial charge on any atom is -0.378 e. The lowest BCUT2D eigenvalue weighted by atomic mass is 9.90. The quantitative estimate of drug-likeness (QED) is 0.683. The zero-order valence-corrected chi connectivity index (χ0v) is 12.0. The number of hydrogen-bond acceptors (Lipinski definition) is 5. The normalized spacial score (nSPS) is 23.3. The Kier molecular flexibility index (Phi) is 4.24. The second-order valence-electron chi connectivity index (χ2n) is 4.70. The highest BCUT2D eigenvalue weighted by molar-refractivity contribution is 7.89. The zero-order chi connectivity index (χ0) is 14.0. The molecule has 2 rings (SSSR count). The third-order valence-corrected chi connectivity index (χ3v) is 4.97. The molecule has 0 unspecified atom stereocenters. The molecular weight excluding hydrogens is 268 g/mol. The Morgan fingerprint density at radius 2 is 2.21 bits per heavy atom. The van der Waals surface area contributed by atoms with Crippen molar-refractivity contribution in [3.05, 3.63) is 11.4 Å². The summed E-state index contributed by atoms with van der Waals surface area (Å²) in [6.07, 6.45) is 1.58. The molecule has 108 valence electrons. The van der Waals surface area contributed by atoms with Crippen molar-refractivity contribution in [3.63, 3.8) is 0 Å². The van der Waals surface area contributed by atoms with Gasteiger partial charge in [-0.15, -0.1) is 0 Å². The highest BCUT2D eigenvalue weighted by Gasteiger charge is 2.34. The average Bonchev–Trinajstić information content (AvgIpc) is 2.68. The van der Waals surface area contributed by atoms with Crippen LogP contribution in [0.25, 0.3) is 0 Å². The fraction of sp³-hybridized carbons (Fsp3) is 0.727. The van der Waals surface area contributed by atoms with Gasteiger partial charge in [-0.3, -0.25) is 5.10 Å². The van der Waals surface area contributed by atoms with Gasteiger partial charge in [0.2, 0.25) is 10.0 Å². The molecule has 0 aromatic carbocycles. The fourth-order valence-electron chi connectivity index (χ4n) is 2.28. The monoisotopic (exact) mass is 288 g/mol. The van der Waals surface area contributed by atoms with Crippen LogP contribution in [0.4, 0.5) is 0 Å². The Hall–Kier alpha value is -0.960. The minimum atomic E-state index is -3.57. The average molecular weight is 288 g/mol. The Morgan fingerprint density at radius 1 is 1.53 bits per heavy atom. The van der Waals surface area contributed by atoms with Gasteiger partial charge < -0.3 is 10.5 Å². The van der Waals surface area contributed by atoms with Crippen LogP contribution < -0.4 is 10.5 Å². The lowest BCUT2D eigenvalue weighted by Crippen LogP contribution is -2.47. The van der Waals surface area contributed by atoms with Gasteiger partial charge in [0, 0.05) is 19.2 Å². The smallest absolute Gasteiger partial charge is 0.244 e. The third kappa shape index (κ3) is 2.97. The van der Waals surface area contributed by atoms with E-state index in [1.807, 2.05) is 6.92 Å². The number of nitrogens with two attached hydrogens (primary N) is 1. The zero-order valence-electron chi connectivity index (χ0n) is 11.1. The first kappa shape index (κ1) is 14.4. The van der Waals surface area contributed by atoms with Crippen LogP contribution >= 0.6 is 0 Å². The van der Waals surface area contributed by atoms with E-state index in [1.54, 1.807) is 6.92 Å². The number of aromatic nitrogens is 2. The highest BCUT2D eigenvalue weighted by Crippen LogP contribution is 2.26. The van der Waals surface area contributed by atoms with Gasteiger partial charge in [0.1, 0.15) is 4.90 Å². The molecule has 1 fully saturated rings. The summed E-state index contributed by atoms with van der Waals surface area (Å²) in [5, 5.41) is 6.56. The van der Waals surface area contributed by atoms with Crippen LogP contribution in [-0.2, 0) is 21.3 Å². The minimum absolute atomic E-state index is 0.0681. The molecule has 1 aromatic heterocycles. The number of nitrogens with zero attached hydrogens (tertiary/aromatic N) is 1.